The lowest BCUT2D eigenvalue weighted by molar-refractivity contribution is -0.143. The van der Waals surface area contributed by atoms with Crippen LogP contribution in [0.4, 0.5) is 0 Å². The van der Waals surface area contributed by atoms with Gasteiger partial charge in [-0.25, -0.2) is 0 Å². The van der Waals surface area contributed by atoms with Gasteiger partial charge in [-0.05, 0) is 43.5 Å². The van der Waals surface area contributed by atoms with Crippen molar-refractivity contribution < 1.29 is 14.3 Å². The second-order valence-electron chi connectivity index (χ2n) is 4.98. The summed E-state index contributed by atoms with van der Waals surface area (Å²) >= 11 is 0. The van der Waals surface area contributed by atoms with Crippen molar-refractivity contribution in [3.8, 4) is 11.8 Å². The second-order valence-corrected chi connectivity index (χ2v) is 4.98. The molecule has 1 aromatic rings. The van der Waals surface area contributed by atoms with Gasteiger partial charge in [-0.3, -0.25) is 14.5 Å². The Morgan fingerprint density at radius 1 is 1.10 bits per heavy atom. The van der Waals surface area contributed by atoms with Gasteiger partial charge in [0.05, 0.1) is 18.2 Å². The van der Waals surface area contributed by atoms with Crippen LogP contribution in [-0.2, 0) is 9.59 Å². The summed E-state index contributed by atoms with van der Waals surface area (Å²) in [4.78, 5) is 24.9. The molecule has 0 spiro atoms. The number of hydrogen-bond donors (Lipinski definition) is 0. The lowest BCUT2D eigenvalue weighted by atomic mass is 10.2. The van der Waals surface area contributed by atoms with Gasteiger partial charge in [0.15, 0.2) is 0 Å². The molecule has 2 amide bonds. The number of nitriles is 1. The number of nitrogens with zero attached hydrogens (tertiary/aromatic N) is 2. The number of rotatable bonds is 5. The van der Waals surface area contributed by atoms with E-state index in [1.54, 1.807) is 24.3 Å². The van der Waals surface area contributed by atoms with E-state index in [-0.39, 0.29) is 11.8 Å². The highest BCUT2D eigenvalue weighted by Crippen LogP contribution is 2.14. The van der Waals surface area contributed by atoms with Gasteiger partial charge in [-0.2, -0.15) is 5.26 Å². The summed E-state index contributed by atoms with van der Waals surface area (Å²) in [5.41, 5.74) is 0.586. The van der Waals surface area contributed by atoms with E-state index in [1.165, 1.54) is 4.90 Å². The predicted molar refractivity (Wildman–Crippen MR) is 76.5 cm³/mol. The number of likely N-dealkylation sites (tertiary alicyclic amines) is 1. The Morgan fingerprint density at radius 2 is 1.71 bits per heavy atom. The summed E-state index contributed by atoms with van der Waals surface area (Å²) in [6.07, 6.45) is 3.12. The number of carbonyl (C=O) groups is 2. The Bertz CT molecular complexity index is 528. The van der Waals surface area contributed by atoms with Gasteiger partial charge in [0.1, 0.15) is 5.75 Å². The molecular formula is C16H18N2O3. The number of amides is 2. The Morgan fingerprint density at radius 3 is 2.29 bits per heavy atom. The summed E-state index contributed by atoms with van der Waals surface area (Å²) in [6, 6.07) is 8.90. The van der Waals surface area contributed by atoms with Gasteiger partial charge in [-0.15, -0.1) is 0 Å². The van der Waals surface area contributed by atoms with Crippen LogP contribution in [0.5, 0.6) is 5.75 Å². The monoisotopic (exact) mass is 286 g/mol. The zero-order valence-corrected chi connectivity index (χ0v) is 11.9. The predicted octanol–water partition coefficient (Wildman–Crippen LogP) is 2.26. The van der Waals surface area contributed by atoms with Crippen LogP contribution in [0.1, 0.15) is 37.7 Å². The van der Waals surface area contributed by atoms with Gasteiger partial charge in [-0.1, -0.05) is 0 Å². The molecule has 1 aliphatic rings. The SMILES string of the molecule is N#Cc1ccc(OCCCN2C(=O)CCCCC2=O)cc1. The number of imide groups is 1. The van der Waals surface area contributed by atoms with Crippen LogP contribution in [0, 0.1) is 11.3 Å². The van der Waals surface area contributed by atoms with Crippen LogP contribution in [-0.4, -0.2) is 29.9 Å². The first kappa shape index (κ1) is 15.0. The summed E-state index contributed by atoms with van der Waals surface area (Å²) in [6.45, 7) is 0.844. The largest absolute Gasteiger partial charge is 0.494 e. The zero-order chi connectivity index (χ0) is 15.1. The standard InChI is InChI=1S/C16H18N2O3/c17-12-13-6-8-14(9-7-13)21-11-3-10-18-15(19)4-1-2-5-16(18)20/h6-9H,1-5,10-11H2. The molecule has 1 aromatic carbocycles. The minimum atomic E-state index is -0.0733. The quantitative estimate of drug-likeness (QED) is 0.615. The molecule has 0 bridgehead atoms. The molecule has 0 radical (unpaired) electrons. The summed E-state index contributed by atoms with van der Waals surface area (Å²) < 4.78 is 5.54. The molecule has 0 aliphatic carbocycles. The lowest BCUT2D eigenvalue weighted by Gasteiger charge is -2.18. The number of benzene rings is 1. The molecule has 0 saturated carbocycles. The fraction of sp³-hybridized carbons (Fsp3) is 0.438. The van der Waals surface area contributed by atoms with E-state index in [1.807, 2.05) is 6.07 Å². The van der Waals surface area contributed by atoms with E-state index in [2.05, 4.69) is 0 Å². The molecule has 0 N–H and O–H groups in total. The third kappa shape index (κ3) is 4.32. The smallest absolute Gasteiger partial charge is 0.229 e. The van der Waals surface area contributed by atoms with Crippen LogP contribution in [0.2, 0.25) is 0 Å². The van der Waals surface area contributed by atoms with E-state index in [4.69, 9.17) is 10.00 Å². The molecule has 1 saturated heterocycles. The van der Waals surface area contributed by atoms with E-state index in [9.17, 15) is 9.59 Å². The van der Waals surface area contributed by atoms with Gasteiger partial charge in [0.2, 0.25) is 11.8 Å². The number of hydrogen-bond acceptors (Lipinski definition) is 4. The van der Waals surface area contributed by atoms with Crippen molar-refractivity contribution in [1.29, 1.82) is 5.26 Å². The van der Waals surface area contributed by atoms with Crippen molar-refractivity contribution in [1.82, 2.24) is 4.90 Å². The third-order valence-corrected chi connectivity index (χ3v) is 3.41. The van der Waals surface area contributed by atoms with Crippen LogP contribution in [0.3, 0.4) is 0 Å². The molecule has 1 aliphatic heterocycles. The highest BCUT2D eigenvalue weighted by atomic mass is 16.5. The molecule has 1 heterocycles. The maximum atomic E-state index is 11.8. The number of ether oxygens (including phenoxy) is 1. The van der Waals surface area contributed by atoms with Crippen LogP contribution in [0.15, 0.2) is 24.3 Å². The van der Waals surface area contributed by atoms with Gasteiger partial charge < -0.3 is 4.74 Å². The molecule has 21 heavy (non-hydrogen) atoms. The second kappa shape index (κ2) is 7.44. The molecule has 0 atom stereocenters. The Balaban J connectivity index is 1.76. The highest BCUT2D eigenvalue weighted by Gasteiger charge is 2.23. The average molecular weight is 286 g/mol. The Labute approximate surface area is 124 Å². The summed E-state index contributed by atoms with van der Waals surface area (Å²) in [7, 11) is 0. The maximum absolute atomic E-state index is 11.8. The van der Waals surface area contributed by atoms with Gasteiger partial charge >= 0.3 is 0 Å². The summed E-state index contributed by atoms with van der Waals surface area (Å²) in [5, 5.41) is 8.70. The van der Waals surface area contributed by atoms with Crippen molar-refractivity contribution in [2.45, 2.75) is 32.1 Å². The Hall–Kier alpha value is -2.35. The lowest BCUT2D eigenvalue weighted by Crippen LogP contribution is -2.36. The molecule has 5 nitrogen and oxygen atoms in total. The molecule has 110 valence electrons. The van der Waals surface area contributed by atoms with Crippen molar-refractivity contribution in [3.63, 3.8) is 0 Å². The van der Waals surface area contributed by atoms with Crippen LogP contribution < -0.4 is 4.74 Å². The first-order chi connectivity index (χ1) is 10.2. The zero-order valence-electron chi connectivity index (χ0n) is 11.9. The average Bonchev–Trinajstić information content (AvgIpc) is 2.66. The summed E-state index contributed by atoms with van der Waals surface area (Å²) in [5.74, 6) is 0.536. The fourth-order valence-corrected chi connectivity index (χ4v) is 2.25. The normalized spacial score (nSPS) is 15.5. The first-order valence-corrected chi connectivity index (χ1v) is 7.17. The van der Waals surface area contributed by atoms with E-state index in [0.29, 0.717) is 43.7 Å². The van der Waals surface area contributed by atoms with Gasteiger partial charge in [0, 0.05) is 19.4 Å². The first-order valence-electron chi connectivity index (χ1n) is 7.17. The van der Waals surface area contributed by atoms with Crippen LogP contribution in [0.25, 0.3) is 0 Å². The van der Waals surface area contributed by atoms with Gasteiger partial charge in [0.25, 0.3) is 0 Å². The topological polar surface area (TPSA) is 70.4 Å². The van der Waals surface area contributed by atoms with Crippen molar-refractivity contribution in [3.05, 3.63) is 29.8 Å². The van der Waals surface area contributed by atoms with E-state index >= 15 is 0 Å². The number of carbonyl (C=O) groups excluding carboxylic acids is 2. The Kier molecular flexibility index (Phi) is 5.33. The van der Waals surface area contributed by atoms with E-state index in [0.717, 1.165) is 12.8 Å². The van der Waals surface area contributed by atoms with E-state index < -0.39 is 0 Å². The molecular weight excluding hydrogens is 268 g/mol. The third-order valence-electron chi connectivity index (χ3n) is 3.41. The molecule has 0 aromatic heterocycles. The molecule has 5 heteroatoms. The molecule has 1 fully saturated rings. The minimum Gasteiger partial charge on any atom is -0.494 e. The molecule has 2 rings (SSSR count). The van der Waals surface area contributed by atoms with Crippen molar-refractivity contribution in [2.75, 3.05) is 13.2 Å². The van der Waals surface area contributed by atoms with Crippen molar-refractivity contribution in [2.24, 2.45) is 0 Å². The maximum Gasteiger partial charge on any atom is 0.229 e. The minimum absolute atomic E-state index is 0.0733. The fourth-order valence-electron chi connectivity index (χ4n) is 2.25. The highest BCUT2D eigenvalue weighted by molar-refractivity contribution is 5.95. The van der Waals surface area contributed by atoms with Crippen LogP contribution >= 0.6 is 0 Å². The molecule has 0 unspecified atom stereocenters. The van der Waals surface area contributed by atoms with Crippen molar-refractivity contribution >= 4 is 11.8 Å².